The number of primary amides is 1. The summed E-state index contributed by atoms with van der Waals surface area (Å²) >= 11 is 0. The highest BCUT2D eigenvalue weighted by Gasteiger charge is 2.73. The third-order valence-electron chi connectivity index (χ3n) is 15.7. The van der Waals surface area contributed by atoms with Crippen LogP contribution in [0.4, 0.5) is 16.4 Å². The van der Waals surface area contributed by atoms with E-state index in [0.29, 0.717) is 30.1 Å². The van der Waals surface area contributed by atoms with Gasteiger partial charge < -0.3 is 79.4 Å². The van der Waals surface area contributed by atoms with Gasteiger partial charge in [0.15, 0.2) is 34.4 Å². The molecule has 2 fully saturated rings. The Kier molecular flexibility index (Phi) is 22.5. The molecular formula is C56H76N18O15S2. The maximum absolute atomic E-state index is 14.5. The Morgan fingerprint density at radius 3 is 2.29 bits per heavy atom. The lowest BCUT2D eigenvalue weighted by atomic mass is 9.78. The summed E-state index contributed by atoms with van der Waals surface area (Å²) in [5.74, 6) is -9.17. The van der Waals surface area contributed by atoms with E-state index in [4.69, 9.17) is 42.5 Å². The second kappa shape index (κ2) is 29.4. The first-order valence-electron chi connectivity index (χ1n) is 28.9. The van der Waals surface area contributed by atoms with E-state index in [1.807, 2.05) is 0 Å². The van der Waals surface area contributed by atoms with Gasteiger partial charge in [-0.2, -0.15) is 4.98 Å². The van der Waals surface area contributed by atoms with Gasteiger partial charge in [0.1, 0.15) is 31.3 Å². The van der Waals surface area contributed by atoms with Crippen LogP contribution in [-0.2, 0) is 54.4 Å². The molecule has 18 N–H and O–H groups in total. The quantitative estimate of drug-likeness (QED) is 0.0105. The van der Waals surface area contributed by atoms with Crippen molar-refractivity contribution in [3.63, 3.8) is 0 Å². The number of rotatable bonds is 33. The van der Waals surface area contributed by atoms with Gasteiger partial charge in [-0.3, -0.25) is 63.4 Å². The highest BCUT2D eigenvalue weighted by Crippen LogP contribution is 2.55. The van der Waals surface area contributed by atoms with E-state index in [-0.39, 0.29) is 108 Å². The van der Waals surface area contributed by atoms with E-state index in [1.165, 1.54) is 67.8 Å². The SMILES string of the molecule is CO[C@@]12[C@H](COC(N)=O)C3=C(C(=O)C(C)C(=NC(C)(C)CCSSC[C@H](NC(=O)[C@H](CCCN=C(N)N)NC(C)(C)C(=O)CC[C@H](NC(=O)c4ccc(NCc5cnc6nc(N)[nH]c(=O)c6n5)cc4)C(=O)O)C(=O)N[C@@H](C)C(=O)NCC(=O)O)C3=O)N1C[C@@H]1N[C@@H]12. The molecule has 0 spiro atoms. The number of ketones is 3. The Morgan fingerprint density at radius 2 is 1.63 bits per heavy atom. The first kappa shape index (κ1) is 69.7. The van der Waals surface area contributed by atoms with Crippen molar-refractivity contribution in [3.05, 3.63) is 63.3 Å². The number of nitrogen functional groups attached to an aromatic ring is 1. The normalized spacial score (nSPS) is 20.9. The summed E-state index contributed by atoms with van der Waals surface area (Å²) < 4.78 is 11.3. The van der Waals surface area contributed by atoms with Gasteiger partial charge in [0.25, 0.3) is 11.5 Å². The lowest BCUT2D eigenvalue weighted by molar-refractivity contribution is -0.140. The summed E-state index contributed by atoms with van der Waals surface area (Å²) in [4.78, 5) is 171. The van der Waals surface area contributed by atoms with Crippen molar-refractivity contribution < 1.29 is 67.6 Å². The van der Waals surface area contributed by atoms with Crippen molar-refractivity contribution in [3.8, 4) is 0 Å². The molecule has 4 aliphatic rings. The van der Waals surface area contributed by atoms with Crippen molar-refractivity contribution in [1.29, 1.82) is 0 Å². The average Bonchev–Trinajstić information content (AvgIpc) is 1.50. The molecule has 33 nitrogen and oxygen atoms in total. The van der Waals surface area contributed by atoms with E-state index < -0.39 is 125 Å². The second-order valence-corrected chi connectivity index (χ2v) is 25.9. The number of nitrogens with one attached hydrogen (secondary N) is 8. The fraction of sp³-hybridized carbons (Fsp3) is 0.536. The van der Waals surface area contributed by atoms with E-state index in [1.54, 1.807) is 37.8 Å². The molecule has 1 unspecified atom stereocenters. The van der Waals surface area contributed by atoms with Crippen molar-refractivity contribution in [2.75, 3.05) is 55.9 Å². The van der Waals surface area contributed by atoms with Crippen LogP contribution in [0, 0.1) is 11.8 Å². The first-order valence-corrected chi connectivity index (χ1v) is 31.4. The minimum Gasteiger partial charge on any atom is -0.480 e. The Labute approximate surface area is 528 Å². The number of piperazine rings is 1. The Morgan fingerprint density at radius 1 is 0.923 bits per heavy atom. The van der Waals surface area contributed by atoms with Crippen LogP contribution in [0.3, 0.4) is 0 Å². The number of hydrogen-bond donors (Lipinski definition) is 14. The predicted molar refractivity (Wildman–Crippen MR) is 334 cm³/mol. The number of anilines is 2. The number of carboxylic acids is 2. The van der Waals surface area contributed by atoms with Crippen LogP contribution < -0.4 is 65.7 Å². The minimum atomic E-state index is -1.55. The summed E-state index contributed by atoms with van der Waals surface area (Å²) in [5.41, 5.74) is 19.3. The zero-order chi connectivity index (χ0) is 66.9. The highest BCUT2D eigenvalue weighted by molar-refractivity contribution is 8.76. The Hall–Kier alpha value is -8.80. The molecule has 2 aromatic heterocycles. The number of benzene rings is 1. The number of aliphatic carboxylic acids is 2. The third kappa shape index (κ3) is 17.0. The van der Waals surface area contributed by atoms with E-state index in [9.17, 15) is 57.8 Å². The molecule has 2 saturated heterocycles. The molecule has 0 saturated carbocycles. The number of amides is 5. The molecule has 0 bridgehead atoms. The summed E-state index contributed by atoms with van der Waals surface area (Å²) in [6, 6.07) is 0.385. The maximum Gasteiger partial charge on any atom is 0.404 e. The van der Waals surface area contributed by atoms with Crippen LogP contribution in [0.5, 0.6) is 0 Å². The summed E-state index contributed by atoms with van der Waals surface area (Å²) in [5, 5.41) is 38.6. The monoisotopic (exact) mass is 1300 g/mol. The van der Waals surface area contributed by atoms with Crippen LogP contribution in [-0.4, -0.2) is 204 Å². The van der Waals surface area contributed by atoms with Crippen molar-refractivity contribution in [2.45, 2.75) is 133 Å². The number of fused-ring (bicyclic) bond motifs is 5. The van der Waals surface area contributed by atoms with Crippen LogP contribution in [0.1, 0.15) is 89.7 Å². The lowest BCUT2D eigenvalue weighted by Gasteiger charge is -2.39. The van der Waals surface area contributed by atoms with E-state index in [2.05, 4.69) is 62.1 Å². The lowest BCUT2D eigenvalue weighted by Crippen LogP contribution is -2.60. The standard InChI is InChI=1S/C56H76N18O15S2/c1-25-38(42(79)37-30(23-89-53(60)87)56(88-7)43-33(67-43)22-74(56)40(37)41(25)78)73-54(3,4)16-18-90-91-24-34(48(83)65-26(2)45(80)64-21-36(76)77)69-47(82)31(9-8-17-61-51(57)58)72-55(5,6)35(75)15-14-32(50(85)86)68-46(81)27-10-12-28(13-11-27)62-19-29-20-63-44-39(66-29)49(84)71-52(59)70-44/h10-13,20,25-26,30-34,43,62,67,72H,8-9,14-19,21-24H2,1-7H3,(H2,60,87)(H,64,80)(H,65,83)(H,68,81)(H,69,82)(H,76,77)(H,85,86)(H4,57,58,61)(H3,59,63,70,71,84)/t25?,26-,30+,31-,32-,33-,34-,43-,56+/m0/s1. The second-order valence-electron chi connectivity index (χ2n) is 23.3. The van der Waals surface area contributed by atoms with Crippen molar-refractivity contribution in [2.24, 2.45) is 39.0 Å². The number of carbonyl (C=O) groups excluding carboxylic acids is 8. The van der Waals surface area contributed by atoms with E-state index in [0.717, 1.165) is 0 Å². The minimum absolute atomic E-state index is 0.00388. The van der Waals surface area contributed by atoms with Crippen LogP contribution in [0.2, 0.25) is 0 Å². The van der Waals surface area contributed by atoms with Gasteiger partial charge in [0, 0.05) is 61.0 Å². The van der Waals surface area contributed by atoms with Gasteiger partial charge in [0.2, 0.25) is 29.5 Å². The molecule has 91 heavy (non-hydrogen) atoms. The van der Waals surface area contributed by atoms with Gasteiger partial charge in [-0.25, -0.2) is 19.6 Å². The molecule has 3 aromatic rings. The number of guanidine groups is 1. The molecule has 1 aliphatic carbocycles. The van der Waals surface area contributed by atoms with Crippen molar-refractivity contribution >= 4 is 115 Å². The van der Waals surface area contributed by atoms with Gasteiger partial charge >= 0.3 is 18.0 Å². The number of allylic oxidation sites excluding steroid dienone is 1. The number of aliphatic imine (C=N–C) groups is 2. The molecule has 5 amide bonds. The van der Waals surface area contributed by atoms with Crippen LogP contribution in [0.15, 0.2) is 56.5 Å². The van der Waals surface area contributed by atoms with Gasteiger partial charge in [-0.15, -0.1) is 0 Å². The number of carbonyl (C=O) groups is 10. The largest absolute Gasteiger partial charge is 0.480 e. The zero-order valence-electron chi connectivity index (χ0n) is 51.0. The van der Waals surface area contributed by atoms with E-state index >= 15 is 0 Å². The zero-order valence-corrected chi connectivity index (χ0v) is 52.6. The number of aromatic nitrogens is 4. The molecule has 35 heteroatoms. The fourth-order valence-corrected chi connectivity index (χ4v) is 13.4. The molecule has 492 valence electrons. The number of H-pyrrole nitrogens is 1. The number of hydrogen-bond acceptors (Lipinski definition) is 25. The number of aromatic amines is 1. The molecular weight excluding hydrogens is 1230 g/mol. The molecule has 9 atom stereocenters. The average molecular weight is 1310 g/mol. The van der Waals surface area contributed by atoms with Gasteiger partial charge in [-0.1, -0.05) is 21.6 Å². The number of Topliss-reactive ketones (excluding diaryl/α,β-unsaturated/α-hetero) is 3. The maximum atomic E-state index is 14.5. The Balaban J connectivity index is 0.984. The topological polar surface area (TPSA) is 527 Å². The molecule has 0 radical (unpaired) electrons. The number of carboxylic acid groups (broad SMARTS) is 2. The highest BCUT2D eigenvalue weighted by atomic mass is 33.1. The number of ether oxygens (including phenoxy) is 2. The fourth-order valence-electron chi connectivity index (χ4n) is 10.9. The number of methoxy groups -OCH3 is 1. The summed E-state index contributed by atoms with van der Waals surface area (Å²) in [7, 11) is 3.93. The van der Waals surface area contributed by atoms with Gasteiger partial charge in [-0.05, 0) is 91.5 Å². The molecule has 3 aliphatic heterocycles. The van der Waals surface area contributed by atoms with Crippen LogP contribution >= 0.6 is 21.6 Å². The Bertz CT molecular complexity index is 3510. The molecule has 1 aromatic carbocycles. The van der Waals surface area contributed by atoms with Crippen molar-refractivity contribution in [1.82, 2.24) is 56.7 Å². The summed E-state index contributed by atoms with van der Waals surface area (Å²) in [6.07, 6.45) is 0.112. The van der Waals surface area contributed by atoms with Crippen LogP contribution in [0.25, 0.3) is 11.2 Å². The molecule has 7 rings (SSSR count). The third-order valence-corrected chi connectivity index (χ3v) is 18.2. The first-order chi connectivity index (χ1) is 42.9. The smallest absolute Gasteiger partial charge is 0.404 e. The van der Waals surface area contributed by atoms with Gasteiger partial charge in [0.05, 0.1) is 64.8 Å². The molecule has 5 heterocycles. The number of nitrogens with two attached hydrogens (primary N) is 4. The number of nitrogens with zero attached hydrogens (tertiary/aromatic N) is 6. The predicted octanol–water partition coefficient (Wildman–Crippen LogP) is -1.82. The summed E-state index contributed by atoms with van der Waals surface area (Å²) in [6.45, 7) is 8.98.